The molecule has 3 heterocycles. The lowest BCUT2D eigenvalue weighted by atomic mass is 10.1. The molecule has 1 amide bonds. The number of carbonyl (C=O) groups is 1. The van der Waals surface area contributed by atoms with Crippen molar-refractivity contribution >= 4 is 17.4 Å². The molecule has 1 saturated carbocycles. The Morgan fingerprint density at radius 1 is 1.30 bits per heavy atom. The fourth-order valence-corrected chi connectivity index (χ4v) is 4.05. The zero-order valence-corrected chi connectivity index (χ0v) is 17.2. The highest BCUT2D eigenvalue weighted by Gasteiger charge is 2.30. The van der Waals surface area contributed by atoms with E-state index < -0.39 is 0 Å². The second-order valence-electron chi connectivity index (χ2n) is 8.31. The van der Waals surface area contributed by atoms with Crippen LogP contribution in [0, 0.1) is 11.7 Å². The number of halogens is 1. The van der Waals surface area contributed by atoms with Gasteiger partial charge >= 0.3 is 0 Å². The Kier molecular flexibility index (Phi) is 4.56. The first-order valence-corrected chi connectivity index (χ1v) is 10.4. The summed E-state index contributed by atoms with van der Waals surface area (Å²) in [6.07, 6.45) is 6.90. The van der Waals surface area contributed by atoms with Crippen LogP contribution in [0.1, 0.15) is 31.0 Å². The van der Waals surface area contributed by atoms with Crippen molar-refractivity contribution in [1.29, 1.82) is 0 Å². The second kappa shape index (κ2) is 7.27. The van der Waals surface area contributed by atoms with Crippen LogP contribution in [0.25, 0.3) is 11.1 Å². The SMILES string of the molecule is CC(=O)N1CCc2c(c(Nc3cc(-c4cnn(C)c4)ccc3F)nn2CC2CC2)C1. The van der Waals surface area contributed by atoms with Crippen molar-refractivity contribution in [2.24, 2.45) is 13.0 Å². The number of anilines is 2. The molecule has 7 nitrogen and oxygen atoms in total. The van der Waals surface area contributed by atoms with E-state index in [0.717, 1.165) is 35.3 Å². The zero-order chi connectivity index (χ0) is 20.8. The fraction of sp³-hybridized carbons (Fsp3) is 0.409. The van der Waals surface area contributed by atoms with Gasteiger partial charge in [-0.15, -0.1) is 0 Å². The zero-order valence-electron chi connectivity index (χ0n) is 17.2. The molecule has 1 aromatic carbocycles. The lowest BCUT2D eigenvalue weighted by molar-refractivity contribution is -0.129. The fourth-order valence-electron chi connectivity index (χ4n) is 4.05. The summed E-state index contributed by atoms with van der Waals surface area (Å²) < 4.78 is 18.4. The van der Waals surface area contributed by atoms with Gasteiger partial charge in [0.2, 0.25) is 5.91 Å². The molecule has 0 atom stereocenters. The van der Waals surface area contributed by atoms with Crippen molar-refractivity contribution in [2.75, 3.05) is 11.9 Å². The van der Waals surface area contributed by atoms with Gasteiger partial charge in [-0.1, -0.05) is 6.07 Å². The average molecular weight is 408 g/mol. The summed E-state index contributed by atoms with van der Waals surface area (Å²) in [6, 6.07) is 4.99. The summed E-state index contributed by atoms with van der Waals surface area (Å²) >= 11 is 0. The van der Waals surface area contributed by atoms with Crippen LogP contribution in [-0.4, -0.2) is 36.9 Å². The largest absolute Gasteiger partial charge is 0.338 e. The first-order valence-electron chi connectivity index (χ1n) is 10.4. The van der Waals surface area contributed by atoms with Crippen LogP contribution in [0.4, 0.5) is 15.9 Å². The molecule has 3 aromatic rings. The van der Waals surface area contributed by atoms with Gasteiger partial charge in [-0.2, -0.15) is 10.2 Å². The Bertz CT molecular complexity index is 1110. The number of amides is 1. The quantitative estimate of drug-likeness (QED) is 0.702. The number of rotatable bonds is 5. The van der Waals surface area contributed by atoms with E-state index in [1.54, 1.807) is 29.9 Å². The number of hydrogen-bond acceptors (Lipinski definition) is 4. The Morgan fingerprint density at radius 2 is 2.13 bits per heavy atom. The van der Waals surface area contributed by atoms with Gasteiger partial charge in [0.1, 0.15) is 5.82 Å². The van der Waals surface area contributed by atoms with E-state index in [1.165, 1.54) is 18.9 Å². The van der Waals surface area contributed by atoms with E-state index >= 15 is 0 Å². The molecule has 2 aliphatic rings. The molecule has 1 aliphatic heterocycles. The number of carbonyl (C=O) groups excluding carboxylic acids is 1. The molecule has 5 rings (SSSR count). The maximum atomic E-state index is 14.7. The van der Waals surface area contributed by atoms with Gasteiger partial charge in [0.25, 0.3) is 0 Å². The monoisotopic (exact) mass is 408 g/mol. The molecule has 1 fully saturated rings. The maximum absolute atomic E-state index is 14.7. The molecule has 0 radical (unpaired) electrons. The van der Waals surface area contributed by atoms with E-state index in [1.807, 2.05) is 18.1 Å². The van der Waals surface area contributed by atoms with E-state index in [-0.39, 0.29) is 11.7 Å². The Balaban J connectivity index is 1.50. The Labute approximate surface area is 174 Å². The number of hydrogen-bond donors (Lipinski definition) is 1. The number of benzene rings is 1. The summed E-state index contributed by atoms with van der Waals surface area (Å²) in [5.74, 6) is 1.02. The van der Waals surface area contributed by atoms with Crippen molar-refractivity contribution in [3.05, 3.63) is 47.7 Å². The van der Waals surface area contributed by atoms with E-state index in [4.69, 9.17) is 5.10 Å². The van der Waals surface area contributed by atoms with Crippen molar-refractivity contribution in [3.8, 4) is 11.1 Å². The minimum Gasteiger partial charge on any atom is -0.338 e. The van der Waals surface area contributed by atoms with Crippen LogP contribution in [0.2, 0.25) is 0 Å². The van der Waals surface area contributed by atoms with Gasteiger partial charge in [-0.3, -0.25) is 14.2 Å². The van der Waals surface area contributed by atoms with E-state index in [2.05, 4.69) is 15.1 Å². The standard InChI is InChI=1S/C22H25FN6O/c1-14(30)28-8-7-21-18(13-28)22(26-29(21)11-15-3-4-15)25-20-9-16(5-6-19(20)23)17-10-24-27(2)12-17/h5-6,9-10,12,15H,3-4,7-8,11,13H2,1-2H3,(H,25,26). The molecule has 30 heavy (non-hydrogen) atoms. The number of fused-ring (bicyclic) bond motifs is 1. The predicted molar refractivity (Wildman–Crippen MR) is 112 cm³/mol. The summed E-state index contributed by atoms with van der Waals surface area (Å²) in [6.45, 7) is 3.68. The summed E-state index contributed by atoms with van der Waals surface area (Å²) in [5, 5.41) is 12.2. The minimum atomic E-state index is -0.340. The molecule has 0 unspecified atom stereocenters. The lowest BCUT2D eigenvalue weighted by Crippen LogP contribution is -2.34. The minimum absolute atomic E-state index is 0.0475. The summed E-state index contributed by atoms with van der Waals surface area (Å²) in [5.41, 5.74) is 4.32. The van der Waals surface area contributed by atoms with Crippen LogP contribution >= 0.6 is 0 Å². The smallest absolute Gasteiger partial charge is 0.219 e. The van der Waals surface area contributed by atoms with Gasteiger partial charge in [0.05, 0.1) is 18.4 Å². The molecule has 1 N–H and O–H groups in total. The Hall–Kier alpha value is -3.16. The van der Waals surface area contributed by atoms with Crippen LogP contribution in [-0.2, 0) is 31.4 Å². The molecule has 0 spiro atoms. The van der Waals surface area contributed by atoms with Crippen LogP contribution in [0.5, 0.6) is 0 Å². The first kappa shape index (κ1) is 18.8. The van der Waals surface area contributed by atoms with Crippen molar-refractivity contribution < 1.29 is 9.18 Å². The molecule has 0 bridgehead atoms. The molecular weight excluding hydrogens is 383 g/mol. The Morgan fingerprint density at radius 3 is 2.83 bits per heavy atom. The maximum Gasteiger partial charge on any atom is 0.219 e. The topological polar surface area (TPSA) is 68.0 Å². The van der Waals surface area contributed by atoms with Crippen LogP contribution < -0.4 is 5.32 Å². The summed E-state index contributed by atoms with van der Waals surface area (Å²) in [4.78, 5) is 13.8. The van der Waals surface area contributed by atoms with Crippen molar-refractivity contribution in [1.82, 2.24) is 24.5 Å². The highest BCUT2D eigenvalue weighted by Crippen LogP contribution is 2.35. The highest BCUT2D eigenvalue weighted by molar-refractivity contribution is 5.75. The third kappa shape index (κ3) is 3.58. The third-order valence-corrected chi connectivity index (χ3v) is 5.97. The van der Waals surface area contributed by atoms with Crippen LogP contribution in [0.3, 0.4) is 0 Å². The second-order valence-corrected chi connectivity index (χ2v) is 8.31. The molecule has 0 saturated heterocycles. The number of aryl methyl sites for hydroxylation is 1. The molecule has 1 aliphatic carbocycles. The lowest BCUT2D eigenvalue weighted by Gasteiger charge is -2.26. The van der Waals surface area contributed by atoms with Gasteiger partial charge in [-0.25, -0.2) is 4.39 Å². The van der Waals surface area contributed by atoms with E-state index in [0.29, 0.717) is 30.5 Å². The van der Waals surface area contributed by atoms with E-state index in [9.17, 15) is 9.18 Å². The number of nitrogens with zero attached hydrogens (tertiary/aromatic N) is 5. The van der Waals surface area contributed by atoms with Gasteiger partial charge in [-0.05, 0) is 36.5 Å². The summed E-state index contributed by atoms with van der Waals surface area (Å²) in [7, 11) is 1.85. The number of aromatic nitrogens is 4. The van der Waals surface area contributed by atoms with Crippen molar-refractivity contribution in [2.45, 2.75) is 39.3 Å². The predicted octanol–water partition coefficient (Wildman–Crippen LogP) is 3.48. The van der Waals surface area contributed by atoms with Gasteiger partial charge in [0, 0.05) is 56.5 Å². The molecule has 156 valence electrons. The van der Waals surface area contributed by atoms with Crippen molar-refractivity contribution in [3.63, 3.8) is 0 Å². The first-order chi connectivity index (χ1) is 14.5. The molecule has 2 aromatic heterocycles. The molecular formula is C22H25FN6O. The average Bonchev–Trinajstić information content (AvgIpc) is 3.34. The number of nitrogens with one attached hydrogen (secondary N) is 1. The van der Waals surface area contributed by atoms with Gasteiger partial charge in [0.15, 0.2) is 5.82 Å². The molecule has 8 heteroatoms. The highest BCUT2D eigenvalue weighted by atomic mass is 19.1. The normalized spacial score (nSPS) is 15.9. The van der Waals surface area contributed by atoms with Crippen LogP contribution in [0.15, 0.2) is 30.6 Å². The van der Waals surface area contributed by atoms with Gasteiger partial charge < -0.3 is 10.2 Å². The third-order valence-electron chi connectivity index (χ3n) is 5.97.